The highest BCUT2D eigenvalue weighted by atomic mass is 35.5. The van der Waals surface area contributed by atoms with E-state index in [-0.39, 0.29) is 5.56 Å². The number of hydrogen-bond donors (Lipinski definition) is 0. The molecular formula is C27H17ClO5. The third-order valence-corrected chi connectivity index (χ3v) is 5.39. The number of fused-ring (bicyclic) bond motifs is 2. The molecule has 0 aliphatic carbocycles. The molecule has 0 saturated heterocycles. The minimum atomic E-state index is -0.579. The summed E-state index contributed by atoms with van der Waals surface area (Å²) in [6.45, 7) is 0.347. The van der Waals surface area contributed by atoms with Crippen molar-refractivity contribution >= 4 is 39.6 Å². The molecule has 0 fully saturated rings. The molecule has 0 aliphatic rings. The minimum Gasteiger partial charge on any atom is -0.489 e. The first-order chi connectivity index (χ1) is 16.1. The number of rotatable bonds is 5. The van der Waals surface area contributed by atoms with Gasteiger partial charge in [-0.15, -0.1) is 0 Å². The van der Waals surface area contributed by atoms with Gasteiger partial charge in [-0.3, -0.25) is 0 Å². The van der Waals surface area contributed by atoms with Crippen molar-refractivity contribution in [3.8, 4) is 16.9 Å². The molecule has 0 bridgehead atoms. The molecule has 0 unspecified atom stereocenters. The Balaban J connectivity index is 1.49. The summed E-state index contributed by atoms with van der Waals surface area (Å²) in [4.78, 5) is 24.9. The fourth-order valence-corrected chi connectivity index (χ4v) is 3.81. The van der Waals surface area contributed by atoms with Crippen molar-refractivity contribution in [3.63, 3.8) is 0 Å². The van der Waals surface area contributed by atoms with Gasteiger partial charge in [-0.1, -0.05) is 48.0 Å². The van der Waals surface area contributed by atoms with Crippen LogP contribution in [0.5, 0.6) is 5.75 Å². The lowest BCUT2D eigenvalue weighted by molar-refractivity contribution is 0.363. The quantitative estimate of drug-likeness (QED) is 0.290. The molecule has 0 atom stereocenters. The zero-order valence-electron chi connectivity index (χ0n) is 17.3. The van der Waals surface area contributed by atoms with E-state index in [0.29, 0.717) is 44.9 Å². The first-order valence-corrected chi connectivity index (χ1v) is 10.6. The second-order valence-corrected chi connectivity index (χ2v) is 7.83. The van der Waals surface area contributed by atoms with Gasteiger partial charge in [0.2, 0.25) is 0 Å². The molecule has 0 amide bonds. The van der Waals surface area contributed by atoms with Crippen LogP contribution in [0.15, 0.2) is 103 Å². The van der Waals surface area contributed by atoms with Gasteiger partial charge in [0.15, 0.2) is 0 Å². The highest BCUT2D eigenvalue weighted by Gasteiger charge is 2.14. The van der Waals surface area contributed by atoms with Crippen molar-refractivity contribution in [2.75, 3.05) is 6.61 Å². The zero-order valence-corrected chi connectivity index (χ0v) is 18.0. The van der Waals surface area contributed by atoms with Crippen LogP contribution in [-0.4, -0.2) is 6.61 Å². The maximum Gasteiger partial charge on any atom is 0.344 e. The van der Waals surface area contributed by atoms with Crippen LogP contribution in [0.3, 0.4) is 0 Å². The van der Waals surface area contributed by atoms with E-state index in [1.165, 1.54) is 6.07 Å². The van der Waals surface area contributed by atoms with Crippen molar-refractivity contribution in [1.82, 2.24) is 0 Å². The summed E-state index contributed by atoms with van der Waals surface area (Å²) < 4.78 is 16.6. The molecule has 0 radical (unpaired) electrons. The lowest BCUT2D eigenvalue weighted by Crippen LogP contribution is -2.06. The summed E-state index contributed by atoms with van der Waals surface area (Å²) >= 11 is 6.08. The predicted octanol–water partition coefficient (Wildman–Crippen LogP) is 6.31. The second-order valence-electron chi connectivity index (χ2n) is 7.39. The highest BCUT2D eigenvalue weighted by molar-refractivity contribution is 6.31. The molecule has 2 heterocycles. The molecule has 5 aromatic rings. The first kappa shape index (κ1) is 20.8. The molecule has 0 spiro atoms. The molecule has 3 aromatic carbocycles. The van der Waals surface area contributed by atoms with Gasteiger partial charge in [0.25, 0.3) is 0 Å². The Morgan fingerprint density at radius 3 is 2.52 bits per heavy atom. The van der Waals surface area contributed by atoms with Gasteiger partial charge < -0.3 is 13.6 Å². The Kier molecular flexibility index (Phi) is 5.55. The maximum absolute atomic E-state index is 12.7. The van der Waals surface area contributed by atoms with Gasteiger partial charge in [-0.05, 0) is 48.0 Å². The first-order valence-electron chi connectivity index (χ1n) is 10.2. The summed E-state index contributed by atoms with van der Waals surface area (Å²) in [6.07, 6.45) is 3.86. The van der Waals surface area contributed by atoms with Crippen molar-refractivity contribution in [3.05, 3.63) is 116 Å². The van der Waals surface area contributed by atoms with Crippen LogP contribution in [0.2, 0.25) is 5.02 Å². The average Bonchev–Trinajstić information content (AvgIpc) is 2.81. The summed E-state index contributed by atoms with van der Waals surface area (Å²) in [5, 5.41) is 1.77. The van der Waals surface area contributed by atoms with E-state index < -0.39 is 11.3 Å². The predicted molar refractivity (Wildman–Crippen MR) is 130 cm³/mol. The van der Waals surface area contributed by atoms with Crippen molar-refractivity contribution in [2.45, 2.75) is 0 Å². The third-order valence-electron chi connectivity index (χ3n) is 5.16. The number of ether oxygens (including phenoxy) is 1. The van der Waals surface area contributed by atoms with Crippen LogP contribution in [0.1, 0.15) is 5.56 Å². The summed E-state index contributed by atoms with van der Waals surface area (Å²) in [7, 11) is 0. The van der Waals surface area contributed by atoms with Crippen LogP contribution in [-0.2, 0) is 0 Å². The van der Waals surface area contributed by atoms with E-state index in [1.54, 1.807) is 42.5 Å². The molecule has 0 aliphatic heterocycles. The second kappa shape index (κ2) is 8.81. The van der Waals surface area contributed by atoms with Crippen LogP contribution in [0.4, 0.5) is 0 Å². The Morgan fingerprint density at radius 2 is 1.67 bits per heavy atom. The number of halogens is 1. The number of hydrogen-bond acceptors (Lipinski definition) is 5. The topological polar surface area (TPSA) is 69.7 Å². The van der Waals surface area contributed by atoms with Crippen LogP contribution in [0, 0.1) is 0 Å². The fraction of sp³-hybridized carbons (Fsp3) is 0.0370. The highest BCUT2D eigenvalue weighted by Crippen LogP contribution is 2.30. The molecule has 0 N–H and O–H groups in total. The van der Waals surface area contributed by atoms with Crippen LogP contribution in [0.25, 0.3) is 39.1 Å². The Labute approximate surface area is 193 Å². The van der Waals surface area contributed by atoms with Gasteiger partial charge in [-0.2, -0.15) is 0 Å². The molecule has 6 heteroatoms. The van der Waals surface area contributed by atoms with Crippen molar-refractivity contribution in [2.24, 2.45) is 0 Å². The van der Waals surface area contributed by atoms with Crippen LogP contribution < -0.4 is 16.0 Å². The van der Waals surface area contributed by atoms with E-state index in [0.717, 1.165) is 5.56 Å². The summed E-state index contributed by atoms with van der Waals surface area (Å²) in [5.74, 6) is 0.540. The molecule has 5 nitrogen and oxygen atoms in total. The van der Waals surface area contributed by atoms with E-state index in [9.17, 15) is 9.59 Å². The monoisotopic (exact) mass is 456 g/mol. The Bertz CT molecular complexity index is 1610. The van der Waals surface area contributed by atoms with Crippen molar-refractivity contribution < 1.29 is 13.6 Å². The maximum atomic E-state index is 12.7. The molecule has 0 saturated carbocycles. The van der Waals surface area contributed by atoms with Gasteiger partial charge >= 0.3 is 11.3 Å². The van der Waals surface area contributed by atoms with Gasteiger partial charge in [-0.25, -0.2) is 9.59 Å². The molecule has 5 rings (SSSR count). The van der Waals surface area contributed by atoms with E-state index in [1.807, 2.05) is 42.5 Å². The van der Waals surface area contributed by atoms with E-state index >= 15 is 0 Å². The third kappa shape index (κ3) is 4.45. The lowest BCUT2D eigenvalue weighted by Gasteiger charge is -2.08. The largest absolute Gasteiger partial charge is 0.489 e. The summed E-state index contributed by atoms with van der Waals surface area (Å²) in [5.41, 5.74) is 1.35. The Hall–Kier alpha value is -4.09. The molecule has 162 valence electrons. The number of benzene rings is 3. The summed E-state index contributed by atoms with van der Waals surface area (Å²) in [6, 6.07) is 23.0. The van der Waals surface area contributed by atoms with Crippen molar-refractivity contribution in [1.29, 1.82) is 0 Å². The van der Waals surface area contributed by atoms with Crippen LogP contribution >= 0.6 is 11.6 Å². The molecule has 2 aromatic heterocycles. The normalized spacial score (nSPS) is 11.4. The molecular weight excluding hydrogens is 440 g/mol. The van der Waals surface area contributed by atoms with Gasteiger partial charge in [0.05, 0.1) is 5.56 Å². The zero-order chi connectivity index (χ0) is 22.8. The van der Waals surface area contributed by atoms with E-state index in [4.69, 9.17) is 25.2 Å². The lowest BCUT2D eigenvalue weighted by atomic mass is 10.0. The molecule has 33 heavy (non-hydrogen) atoms. The van der Waals surface area contributed by atoms with Gasteiger partial charge in [0.1, 0.15) is 23.5 Å². The Morgan fingerprint density at radius 1 is 0.818 bits per heavy atom. The SMILES string of the molecule is O=c1cc(-c2cc3cc(Cl)ccc3oc2=O)c2ccc(OC/C=C/c3ccccc3)cc2o1. The fourth-order valence-electron chi connectivity index (χ4n) is 3.63. The standard InChI is InChI=1S/C27H17ClO5/c28-19-8-11-24-18(13-19)14-23(27(30)33-24)22-16-26(29)32-25-15-20(9-10-21(22)25)31-12-4-7-17-5-2-1-3-6-17/h1-11,13-16H,12H2/b7-4+. The average molecular weight is 457 g/mol. The van der Waals surface area contributed by atoms with E-state index in [2.05, 4.69) is 0 Å². The minimum absolute atomic E-state index is 0.252. The van der Waals surface area contributed by atoms with Gasteiger partial charge in [0, 0.05) is 33.5 Å². The smallest absolute Gasteiger partial charge is 0.344 e.